The van der Waals surface area contributed by atoms with Crippen LogP contribution in [0, 0.1) is 0 Å². The Kier molecular flexibility index (Phi) is 4.85. The van der Waals surface area contributed by atoms with E-state index in [-0.39, 0.29) is 6.54 Å². The molecule has 0 aromatic rings. The van der Waals surface area contributed by atoms with Gasteiger partial charge < -0.3 is 10.1 Å². The summed E-state index contributed by atoms with van der Waals surface area (Å²) >= 11 is 0. The Morgan fingerprint density at radius 2 is 1.85 bits per heavy atom. The third-order valence-electron chi connectivity index (χ3n) is 2.43. The number of hydrogen-bond acceptors (Lipinski definition) is 4. The highest BCUT2D eigenvalue weighted by Crippen LogP contribution is 2.16. The van der Waals surface area contributed by atoms with Crippen molar-refractivity contribution in [2.24, 2.45) is 0 Å². The zero-order chi connectivity index (χ0) is 15.6. The van der Waals surface area contributed by atoms with Crippen LogP contribution < -0.4 is 10.7 Å². The van der Waals surface area contributed by atoms with Crippen LogP contribution in [0.4, 0.5) is 18.0 Å². The van der Waals surface area contributed by atoms with Crippen molar-refractivity contribution < 1.29 is 27.5 Å². The smallest absolute Gasteiger partial charge is 0.443 e. The van der Waals surface area contributed by atoms with E-state index in [2.05, 4.69) is 5.43 Å². The molecule has 1 atom stereocenters. The zero-order valence-corrected chi connectivity index (χ0v) is 11.5. The van der Waals surface area contributed by atoms with E-state index in [0.29, 0.717) is 13.0 Å². The van der Waals surface area contributed by atoms with Gasteiger partial charge in [-0.25, -0.2) is 9.80 Å². The van der Waals surface area contributed by atoms with Gasteiger partial charge in [0.1, 0.15) is 5.60 Å². The summed E-state index contributed by atoms with van der Waals surface area (Å²) in [6, 6.07) is -0.654. The van der Waals surface area contributed by atoms with E-state index in [4.69, 9.17) is 4.74 Å². The van der Waals surface area contributed by atoms with Gasteiger partial charge in [-0.15, -0.1) is 0 Å². The van der Waals surface area contributed by atoms with Crippen LogP contribution in [0.3, 0.4) is 0 Å². The number of amides is 2. The van der Waals surface area contributed by atoms with Gasteiger partial charge in [-0.1, -0.05) is 0 Å². The maximum atomic E-state index is 12.1. The molecule has 1 rings (SSSR count). The van der Waals surface area contributed by atoms with Crippen LogP contribution in [0.2, 0.25) is 0 Å². The lowest BCUT2D eigenvalue weighted by Gasteiger charge is -2.23. The quantitative estimate of drug-likeness (QED) is 0.803. The Balaban J connectivity index is 2.37. The summed E-state index contributed by atoms with van der Waals surface area (Å²) in [5.74, 6) is -1.97. The number of ether oxygens (including phenoxy) is 1. The molecular formula is C11H18F3N3O3. The number of nitrogens with one attached hydrogen (secondary N) is 2. The monoisotopic (exact) mass is 297 g/mol. The molecule has 0 bridgehead atoms. The van der Waals surface area contributed by atoms with Crippen molar-refractivity contribution in [1.82, 2.24) is 15.8 Å². The Hall–Kier alpha value is -1.51. The van der Waals surface area contributed by atoms with Gasteiger partial charge in [0.05, 0.1) is 0 Å². The molecule has 0 aliphatic carbocycles. The topological polar surface area (TPSA) is 70.7 Å². The zero-order valence-electron chi connectivity index (χ0n) is 11.5. The van der Waals surface area contributed by atoms with Crippen LogP contribution >= 0.6 is 0 Å². The number of halogens is 3. The maximum Gasteiger partial charge on any atom is 0.471 e. The molecule has 20 heavy (non-hydrogen) atoms. The fourth-order valence-electron chi connectivity index (χ4n) is 1.68. The number of alkyl halides is 3. The molecule has 6 nitrogen and oxygen atoms in total. The molecule has 0 saturated carbocycles. The second kappa shape index (κ2) is 5.86. The maximum absolute atomic E-state index is 12.1. The van der Waals surface area contributed by atoms with Crippen molar-refractivity contribution in [2.45, 2.75) is 45.0 Å². The molecular weight excluding hydrogens is 279 g/mol. The van der Waals surface area contributed by atoms with E-state index in [9.17, 15) is 22.8 Å². The van der Waals surface area contributed by atoms with Crippen molar-refractivity contribution in [1.29, 1.82) is 0 Å². The average Bonchev–Trinajstić information content (AvgIpc) is 2.60. The van der Waals surface area contributed by atoms with Crippen LogP contribution in [0.1, 0.15) is 27.2 Å². The van der Waals surface area contributed by atoms with Crippen LogP contribution in [-0.4, -0.2) is 47.9 Å². The number of carbonyl (C=O) groups excluding carboxylic acids is 2. The van der Waals surface area contributed by atoms with Crippen LogP contribution in [0.25, 0.3) is 0 Å². The minimum absolute atomic E-state index is 0.0983. The summed E-state index contributed by atoms with van der Waals surface area (Å²) in [5.41, 5.74) is 1.76. The lowest BCUT2D eigenvalue weighted by Crippen LogP contribution is -2.47. The Morgan fingerprint density at radius 1 is 1.25 bits per heavy atom. The van der Waals surface area contributed by atoms with Crippen molar-refractivity contribution in [2.75, 3.05) is 13.1 Å². The summed E-state index contributed by atoms with van der Waals surface area (Å²) in [4.78, 5) is 22.2. The SMILES string of the molecule is CC(C)(C)OC(=O)NN1CCC(NC(=O)C(F)(F)F)C1. The number of carbonyl (C=O) groups is 2. The second-order valence-electron chi connectivity index (χ2n) is 5.52. The number of rotatable bonds is 2. The third kappa shape index (κ3) is 5.64. The second-order valence-corrected chi connectivity index (χ2v) is 5.52. The summed E-state index contributed by atoms with van der Waals surface area (Å²) in [6.07, 6.45) is -5.26. The summed E-state index contributed by atoms with van der Waals surface area (Å²) in [7, 11) is 0. The van der Waals surface area contributed by atoms with Crippen molar-refractivity contribution in [3.8, 4) is 0 Å². The van der Waals surface area contributed by atoms with Gasteiger partial charge in [0.15, 0.2) is 0 Å². The van der Waals surface area contributed by atoms with E-state index < -0.39 is 29.8 Å². The van der Waals surface area contributed by atoms with Gasteiger partial charge in [0.2, 0.25) is 0 Å². The minimum Gasteiger partial charge on any atom is -0.443 e. The Bertz CT molecular complexity index is 379. The molecule has 0 radical (unpaired) electrons. The van der Waals surface area contributed by atoms with Gasteiger partial charge in [0, 0.05) is 19.1 Å². The normalized spacial score (nSPS) is 20.6. The predicted molar refractivity (Wildman–Crippen MR) is 63.5 cm³/mol. The molecule has 0 spiro atoms. The van der Waals surface area contributed by atoms with Gasteiger partial charge >= 0.3 is 18.2 Å². The highest BCUT2D eigenvalue weighted by Gasteiger charge is 2.40. The largest absolute Gasteiger partial charge is 0.471 e. The molecule has 0 aromatic heterocycles. The lowest BCUT2D eigenvalue weighted by atomic mass is 10.2. The molecule has 2 N–H and O–H groups in total. The Morgan fingerprint density at radius 3 is 2.35 bits per heavy atom. The summed E-state index contributed by atoms with van der Waals surface area (Å²) in [6.45, 7) is 5.53. The first-order valence-corrected chi connectivity index (χ1v) is 6.09. The number of nitrogens with zero attached hydrogens (tertiary/aromatic N) is 1. The highest BCUT2D eigenvalue weighted by molar-refractivity contribution is 5.82. The van der Waals surface area contributed by atoms with E-state index in [0.717, 1.165) is 0 Å². The third-order valence-corrected chi connectivity index (χ3v) is 2.43. The first-order valence-electron chi connectivity index (χ1n) is 6.09. The molecule has 116 valence electrons. The van der Waals surface area contributed by atoms with Gasteiger partial charge in [0.25, 0.3) is 0 Å². The fraction of sp³-hybridized carbons (Fsp3) is 0.818. The predicted octanol–water partition coefficient (Wildman–Crippen LogP) is 1.18. The van der Waals surface area contributed by atoms with E-state index in [1.54, 1.807) is 20.8 Å². The van der Waals surface area contributed by atoms with Crippen molar-refractivity contribution in [3.63, 3.8) is 0 Å². The first kappa shape index (κ1) is 16.5. The van der Waals surface area contributed by atoms with Crippen molar-refractivity contribution in [3.05, 3.63) is 0 Å². The van der Waals surface area contributed by atoms with Gasteiger partial charge in [-0.3, -0.25) is 10.2 Å². The number of hydrazine groups is 1. The van der Waals surface area contributed by atoms with E-state index in [1.165, 1.54) is 5.01 Å². The summed E-state index contributed by atoms with van der Waals surface area (Å²) < 4.78 is 41.3. The minimum atomic E-state index is -4.90. The molecule has 1 aliphatic rings. The molecule has 2 amide bonds. The molecule has 1 unspecified atom stereocenters. The molecule has 0 aromatic carbocycles. The van der Waals surface area contributed by atoms with Crippen LogP contribution in [-0.2, 0) is 9.53 Å². The number of hydrogen-bond donors (Lipinski definition) is 2. The molecule has 1 fully saturated rings. The highest BCUT2D eigenvalue weighted by atomic mass is 19.4. The van der Waals surface area contributed by atoms with Crippen molar-refractivity contribution >= 4 is 12.0 Å². The lowest BCUT2D eigenvalue weighted by molar-refractivity contribution is -0.174. The van der Waals surface area contributed by atoms with Gasteiger partial charge in [-0.2, -0.15) is 13.2 Å². The van der Waals surface area contributed by atoms with Gasteiger partial charge in [-0.05, 0) is 27.2 Å². The van der Waals surface area contributed by atoms with Crippen LogP contribution in [0.5, 0.6) is 0 Å². The molecule has 1 heterocycles. The summed E-state index contributed by atoms with van der Waals surface area (Å²) in [5, 5.41) is 3.28. The van der Waals surface area contributed by atoms with Crippen LogP contribution in [0.15, 0.2) is 0 Å². The van der Waals surface area contributed by atoms with E-state index in [1.807, 2.05) is 5.32 Å². The fourth-order valence-corrected chi connectivity index (χ4v) is 1.68. The first-order chi connectivity index (χ1) is 8.97. The molecule has 1 saturated heterocycles. The Labute approximate surface area is 114 Å². The van der Waals surface area contributed by atoms with E-state index >= 15 is 0 Å². The molecule has 1 aliphatic heterocycles. The standard InChI is InChI=1S/C11H18F3N3O3/c1-10(2,3)20-9(19)16-17-5-4-7(6-17)15-8(18)11(12,13)14/h7H,4-6H2,1-3H3,(H,15,18)(H,16,19). The molecule has 9 heteroatoms. The average molecular weight is 297 g/mol.